The second-order valence-electron chi connectivity index (χ2n) is 2.44. The number of hydrogen-bond acceptors (Lipinski definition) is 4. The van der Waals surface area contributed by atoms with E-state index in [9.17, 15) is 4.79 Å². The van der Waals surface area contributed by atoms with Crippen LogP contribution < -0.4 is 11.3 Å². The minimum atomic E-state index is -0.425. The minimum absolute atomic E-state index is 0.251. The smallest absolute Gasteiger partial charge is 0.283 e. The zero-order valence-corrected chi connectivity index (χ0v) is 6.64. The Kier molecular flexibility index (Phi) is 1.67. The number of fused-ring (bicyclic) bond motifs is 1. The number of rotatable bonds is 1. The van der Waals surface area contributed by atoms with Gasteiger partial charge in [-0.25, -0.2) is 15.8 Å². The third-order valence-electron chi connectivity index (χ3n) is 1.65. The number of nitrogen functional groups attached to an aromatic ring is 1. The van der Waals surface area contributed by atoms with Gasteiger partial charge in [0.25, 0.3) is 5.91 Å². The molecule has 0 atom stereocenters. The first-order valence-electron chi connectivity index (χ1n) is 3.61. The summed E-state index contributed by atoms with van der Waals surface area (Å²) >= 11 is 0. The van der Waals surface area contributed by atoms with Crippen LogP contribution in [0.1, 0.15) is 10.5 Å². The van der Waals surface area contributed by atoms with Crippen LogP contribution in [0.25, 0.3) is 5.65 Å². The summed E-state index contributed by atoms with van der Waals surface area (Å²) in [6, 6.07) is 1.56. The molecule has 2 aromatic heterocycles. The zero-order chi connectivity index (χ0) is 9.26. The summed E-state index contributed by atoms with van der Waals surface area (Å²) in [5.41, 5.74) is 2.91. The van der Waals surface area contributed by atoms with Gasteiger partial charge in [-0.2, -0.15) is 0 Å². The van der Waals surface area contributed by atoms with Gasteiger partial charge >= 0.3 is 0 Å². The van der Waals surface area contributed by atoms with Crippen molar-refractivity contribution in [2.45, 2.75) is 0 Å². The summed E-state index contributed by atoms with van der Waals surface area (Å²) in [6.45, 7) is 0. The average molecular weight is 177 g/mol. The number of hydrazine groups is 1. The molecule has 6 heteroatoms. The minimum Gasteiger partial charge on any atom is -0.290 e. The summed E-state index contributed by atoms with van der Waals surface area (Å²) in [6.07, 6.45) is 4.88. The van der Waals surface area contributed by atoms with Gasteiger partial charge in [0.05, 0.1) is 0 Å². The van der Waals surface area contributed by atoms with Crippen LogP contribution in [-0.4, -0.2) is 20.3 Å². The molecule has 0 radical (unpaired) electrons. The number of imidazole rings is 1. The molecule has 0 aliphatic carbocycles. The second-order valence-corrected chi connectivity index (χ2v) is 2.44. The van der Waals surface area contributed by atoms with E-state index in [1.807, 2.05) is 5.43 Å². The number of nitrogens with two attached hydrogens (primary N) is 1. The van der Waals surface area contributed by atoms with Gasteiger partial charge in [0.1, 0.15) is 17.7 Å². The third kappa shape index (κ3) is 1.23. The van der Waals surface area contributed by atoms with Gasteiger partial charge in [-0.15, -0.1) is 0 Å². The van der Waals surface area contributed by atoms with Crippen LogP contribution in [-0.2, 0) is 0 Å². The SMILES string of the molecule is NNC(=O)c1cc2nccn2cn1. The van der Waals surface area contributed by atoms with Crippen LogP contribution in [0.5, 0.6) is 0 Å². The van der Waals surface area contributed by atoms with Crippen LogP contribution >= 0.6 is 0 Å². The Bertz CT molecular complexity index is 449. The Morgan fingerprint density at radius 3 is 3.15 bits per heavy atom. The lowest BCUT2D eigenvalue weighted by atomic mass is 10.4. The maximum atomic E-state index is 11.0. The highest BCUT2D eigenvalue weighted by atomic mass is 16.2. The van der Waals surface area contributed by atoms with E-state index in [1.54, 1.807) is 22.9 Å². The lowest BCUT2D eigenvalue weighted by molar-refractivity contribution is 0.0948. The summed E-state index contributed by atoms with van der Waals surface area (Å²) in [5, 5.41) is 0. The van der Waals surface area contributed by atoms with E-state index in [1.165, 1.54) is 6.33 Å². The number of nitrogens with one attached hydrogen (secondary N) is 1. The molecule has 3 N–H and O–H groups in total. The molecule has 0 aromatic carbocycles. The third-order valence-corrected chi connectivity index (χ3v) is 1.65. The van der Waals surface area contributed by atoms with Gasteiger partial charge in [-0.1, -0.05) is 0 Å². The fraction of sp³-hybridized carbons (Fsp3) is 0. The molecule has 0 saturated carbocycles. The van der Waals surface area contributed by atoms with Crippen LogP contribution in [0, 0.1) is 0 Å². The van der Waals surface area contributed by atoms with Crippen LogP contribution in [0.4, 0.5) is 0 Å². The largest absolute Gasteiger partial charge is 0.290 e. The Balaban J connectivity index is 2.54. The molecule has 66 valence electrons. The summed E-state index contributed by atoms with van der Waals surface area (Å²) in [5.74, 6) is 4.53. The predicted molar refractivity (Wildman–Crippen MR) is 44.6 cm³/mol. The lowest BCUT2D eigenvalue weighted by Crippen LogP contribution is -2.30. The van der Waals surface area contributed by atoms with Gasteiger partial charge in [-0.05, 0) is 0 Å². The fourth-order valence-electron chi connectivity index (χ4n) is 1.02. The maximum absolute atomic E-state index is 11.0. The lowest BCUT2D eigenvalue weighted by Gasteiger charge is -1.98. The van der Waals surface area contributed by atoms with Crippen LogP contribution in [0.2, 0.25) is 0 Å². The molecule has 0 bridgehead atoms. The van der Waals surface area contributed by atoms with Crippen molar-refractivity contribution in [1.29, 1.82) is 0 Å². The number of carbonyl (C=O) groups excluding carboxylic acids is 1. The van der Waals surface area contributed by atoms with E-state index in [4.69, 9.17) is 5.84 Å². The van der Waals surface area contributed by atoms with Crippen molar-refractivity contribution in [3.05, 3.63) is 30.5 Å². The summed E-state index contributed by atoms with van der Waals surface area (Å²) in [7, 11) is 0. The Morgan fingerprint density at radius 1 is 1.54 bits per heavy atom. The Morgan fingerprint density at radius 2 is 2.38 bits per heavy atom. The number of nitrogens with zero attached hydrogens (tertiary/aromatic N) is 3. The molecule has 1 amide bonds. The standard InChI is InChI=1S/C7H7N5O/c8-11-7(13)5-3-6-9-1-2-12(6)4-10-5/h1-4H,8H2,(H,11,13). The average Bonchev–Trinajstić information content (AvgIpc) is 2.63. The van der Waals surface area contributed by atoms with E-state index in [-0.39, 0.29) is 5.69 Å². The first-order valence-corrected chi connectivity index (χ1v) is 3.61. The first-order chi connectivity index (χ1) is 6.31. The molecule has 0 spiro atoms. The Labute approximate surface area is 73.4 Å². The van der Waals surface area contributed by atoms with Gasteiger partial charge < -0.3 is 0 Å². The molecule has 6 nitrogen and oxygen atoms in total. The van der Waals surface area contributed by atoms with Crippen molar-refractivity contribution in [2.75, 3.05) is 0 Å². The van der Waals surface area contributed by atoms with Gasteiger partial charge in [0, 0.05) is 18.5 Å². The number of carbonyl (C=O) groups is 1. The highest BCUT2D eigenvalue weighted by molar-refractivity contribution is 5.92. The van der Waals surface area contributed by atoms with Crippen molar-refractivity contribution in [3.8, 4) is 0 Å². The van der Waals surface area contributed by atoms with Crippen molar-refractivity contribution in [2.24, 2.45) is 5.84 Å². The second kappa shape index (κ2) is 2.83. The quantitative estimate of drug-likeness (QED) is 0.344. The van der Waals surface area contributed by atoms with E-state index >= 15 is 0 Å². The molecular weight excluding hydrogens is 170 g/mol. The molecule has 2 heterocycles. The number of aromatic nitrogens is 3. The predicted octanol–water partition coefficient (Wildman–Crippen LogP) is -0.667. The zero-order valence-electron chi connectivity index (χ0n) is 6.64. The highest BCUT2D eigenvalue weighted by Crippen LogP contribution is 2.01. The first kappa shape index (κ1) is 7.69. The molecule has 0 aliphatic heterocycles. The molecule has 0 aliphatic rings. The van der Waals surface area contributed by atoms with Gasteiger partial charge in [0.15, 0.2) is 0 Å². The summed E-state index contributed by atoms with van der Waals surface area (Å²) in [4.78, 5) is 18.9. The van der Waals surface area contributed by atoms with Crippen LogP contribution in [0.15, 0.2) is 24.8 Å². The molecule has 2 rings (SSSR count). The molecule has 0 unspecified atom stereocenters. The molecule has 0 saturated heterocycles. The monoisotopic (exact) mass is 177 g/mol. The van der Waals surface area contributed by atoms with Crippen molar-refractivity contribution >= 4 is 11.6 Å². The highest BCUT2D eigenvalue weighted by Gasteiger charge is 2.05. The van der Waals surface area contributed by atoms with Crippen molar-refractivity contribution < 1.29 is 4.79 Å². The Hall–Kier alpha value is -1.95. The number of amides is 1. The van der Waals surface area contributed by atoms with Gasteiger partial charge in [0.2, 0.25) is 0 Å². The number of hydrogen-bond donors (Lipinski definition) is 2. The maximum Gasteiger partial charge on any atom is 0.283 e. The van der Waals surface area contributed by atoms with Gasteiger partial charge in [-0.3, -0.25) is 14.6 Å². The normalized spacial score (nSPS) is 10.2. The van der Waals surface area contributed by atoms with Crippen molar-refractivity contribution in [3.63, 3.8) is 0 Å². The van der Waals surface area contributed by atoms with Crippen LogP contribution in [0.3, 0.4) is 0 Å². The topological polar surface area (TPSA) is 85.3 Å². The molecule has 0 fully saturated rings. The fourth-order valence-corrected chi connectivity index (χ4v) is 1.02. The van der Waals surface area contributed by atoms with Crippen molar-refractivity contribution in [1.82, 2.24) is 19.8 Å². The molecule has 13 heavy (non-hydrogen) atoms. The molecular formula is C7H7N5O. The van der Waals surface area contributed by atoms with E-state index in [2.05, 4.69) is 9.97 Å². The van der Waals surface area contributed by atoms with E-state index in [0.717, 1.165) is 0 Å². The summed E-state index contributed by atoms with van der Waals surface area (Å²) < 4.78 is 1.70. The van der Waals surface area contributed by atoms with E-state index < -0.39 is 5.91 Å². The van der Waals surface area contributed by atoms with E-state index in [0.29, 0.717) is 5.65 Å². The molecule has 2 aromatic rings.